The van der Waals surface area contributed by atoms with Gasteiger partial charge in [-0.15, -0.1) is 0 Å². The van der Waals surface area contributed by atoms with E-state index in [-0.39, 0.29) is 17.2 Å². The molecular formula is C38H44N6O3. The van der Waals surface area contributed by atoms with E-state index in [1.807, 2.05) is 48.5 Å². The summed E-state index contributed by atoms with van der Waals surface area (Å²) in [7, 11) is 1.59. The van der Waals surface area contributed by atoms with Gasteiger partial charge in [0.05, 0.1) is 7.11 Å². The number of nitrogens with one attached hydrogen (secondary N) is 2. The molecule has 0 atom stereocenters. The summed E-state index contributed by atoms with van der Waals surface area (Å²) in [6.07, 6.45) is 3.85. The Morgan fingerprint density at radius 2 is 1.77 bits per heavy atom. The number of aryl methyl sites for hydroxylation is 1. The minimum absolute atomic E-state index is 0.161. The number of nitrogen functional groups attached to an aromatic ring is 1. The summed E-state index contributed by atoms with van der Waals surface area (Å²) in [5.74, 6) is 1.15. The van der Waals surface area contributed by atoms with Crippen LogP contribution in [0.5, 0.6) is 5.75 Å². The zero-order chi connectivity index (χ0) is 33.7. The van der Waals surface area contributed by atoms with Crippen molar-refractivity contribution in [3.63, 3.8) is 0 Å². The molecule has 9 heteroatoms. The van der Waals surface area contributed by atoms with E-state index in [1.165, 1.54) is 0 Å². The summed E-state index contributed by atoms with van der Waals surface area (Å²) < 4.78 is 7.14. The zero-order valence-electron chi connectivity index (χ0n) is 28.1. The lowest BCUT2D eigenvalue weighted by molar-refractivity contribution is 0.262. The minimum atomic E-state index is -0.555. The normalized spacial score (nSPS) is 11.3. The molecule has 0 saturated carbocycles. The predicted molar refractivity (Wildman–Crippen MR) is 192 cm³/mol. The van der Waals surface area contributed by atoms with E-state index in [1.54, 1.807) is 23.9 Å². The highest BCUT2D eigenvalue weighted by Crippen LogP contribution is 2.35. The number of methoxy groups -OCH3 is 1. The Balaban J connectivity index is 1.57. The van der Waals surface area contributed by atoms with Gasteiger partial charge in [0, 0.05) is 58.4 Å². The van der Waals surface area contributed by atoms with Gasteiger partial charge in [-0.25, -0.2) is 9.78 Å². The first kappa shape index (κ1) is 33.2. The molecule has 244 valence electrons. The van der Waals surface area contributed by atoms with Gasteiger partial charge in [0.15, 0.2) is 0 Å². The summed E-state index contributed by atoms with van der Waals surface area (Å²) >= 11 is 0. The van der Waals surface area contributed by atoms with Crippen LogP contribution in [0.25, 0.3) is 22.2 Å². The van der Waals surface area contributed by atoms with Gasteiger partial charge in [-0.3, -0.25) is 14.3 Å². The third-order valence-electron chi connectivity index (χ3n) is 8.35. The first-order valence-electron chi connectivity index (χ1n) is 16.2. The number of rotatable bonds is 11. The van der Waals surface area contributed by atoms with E-state index in [9.17, 15) is 9.59 Å². The molecule has 3 heterocycles. The molecular weight excluding hydrogens is 588 g/mol. The highest BCUT2D eigenvalue weighted by molar-refractivity contribution is 6.07. The van der Waals surface area contributed by atoms with Crippen molar-refractivity contribution >= 4 is 34.1 Å². The van der Waals surface area contributed by atoms with Crippen LogP contribution in [0.3, 0.4) is 0 Å². The molecule has 2 amide bonds. The van der Waals surface area contributed by atoms with E-state index >= 15 is 0 Å². The first-order valence-corrected chi connectivity index (χ1v) is 16.2. The molecule has 0 spiro atoms. The molecule has 0 saturated heterocycles. The minimum Gasteiger partial charge on any atom is -0.497 e. The van der Waals surface area contributed by atoms with Crippen LogP contribution in [0, 0.1) is 0 Å². The number of aromatic nitrogens is 3. The molecule has 2 aromatic carbocycles. The number of amides is 2. The number of urea groups is 1. The summed E-state index contributed by atoms with van der Waals surface area (Å²) in [5.41, 5.74) is 13.2. The lowest BCUT2D eigenvalue weighted by Crippen LogP contribution is -2.30. The molecule has 0 aliphatic carbocycles. The van der Waals surface area contributed by atoms with Crippen molar-refractivity contribution in [3.05, 3.63) is 106 Å². The summed E-state index contributed by atoms with van der Waals surface area (Å²) in [6, 6.07) is 20.3. The van der Waals surface area contributed by atoms with Crippen LogP contribution in [0.2, 0.25) is 0 Å². The van der Waals surface area contributed by atoms with E-state index in [4.69, 9.17) is 15.5 Å². The topological polar surface area (TPSA) is 124 Å². The first-order chi connectivity index (χ1) is 22.6. The van der Waals surface area contributed by atoms with Crippen molar-refractivity contribution in [2.75, 3.05) is 23.5 Å². The van der Waals surface area contributed by atoms with Gasteiger partial charge in [-0.2, -0.15) is 0 Å². The molecule has 3 aromatic heterocycles. The highest BCUT2D eigenvalue weighted by Gasteiger charge is 2.22. The van der Waals surface area contributed by atoms with Gasteiger partial charge in [0.2, 0.25) is 0 Å². The maximum absolute atomic E-state index is 14.2. The number of hydrogen-bond donors (Lipinski definition) is 3. The van der Waals surface area contributed by atoms with E-state index in [0.29, 0.717) is 47.2 Å². The van der Waals surface area contributed by atoms with Crippen LogP contribution >= 0.6 is 0 Å². The molecule has 9 nitrogen and oxygen atoms in total. The van der Waals surface area contributed by atoms with Crippen molar-refractivity contribution in [2.45, 2.75) is 72.3 Å². The fourth-order valence-electron chi connectivity index (χ4n) is 5.87. The highest BCUT2D eigenvalue weighted by atomic mass is 16.5. The van der Waals surface area contributed by atoms with Crippen molar-refractivity contribution in [1.29, 1.82) is 0 Å². The van der Waals surface area contributed by atoms with Crippen LogP contribution < -0.4 is 26.7 Å². The number of unbranched alkanes of at least 4 members (excludes halogenated alkanes) is 1. The second kappa shape index (κ2) is 14.5. The molecule has 0 aliphatic rings. The SMILES string of the molecule is CCCCn1c(=O)c(NC(=O)Nc2cccc(N)c2Cc2ccc(C(C)C)nc2C(C)C)c(-c2cccc(OC)c2)c2cccnc21. The number of pyridine rings is 3. The molecule has 0 aliphatic heterocycles. The average Bonchev–Trinajstić information content (AvgIpc) is 3.06. The number of carbonyl (C=O) groups is 1. The largest absolute Gasteiger partial charge is 0.497 e. The maximum Gasteiger partial charge on any atom is 0.323 e. The fraction of sp³-hybridized carbons (Fsp3) is 0.316. The second-order valence-corrected chi connectivity index (χ2v) is 12.4. The van der Waals surface area contributed by atoms with Crippen molar-refractivity contribution < 1.29 is 9.53 Å². The summed E-state index contributed by atoms with van der Waals surface area (Å²) in [4.78, 5) is 37.6. The van der Waals surface area contributed by atoms with Crippen molar-refractivity contribution in [1.82, 2.24) is 14.5 Å². The summed E-state index contributed by atoms with van der Waals surface area (Å²) in [5, 5.41) is 6.67. The Morgan fingerprint density at radius 1 is 0.979 bits per heavy atom. The average molecular weight is 633 g/mol. The molecule has 5 aromatic rings. The quantitative estimate of drug-likeness (QED) is 0.126. The number of carbonyl (C=O) groups excluding carboxylic acids is 1. The van der Waals surface area contributed by atoms with Gasteiger partial charge in [-0.1, -0.05) is 65.3 Å². The molecule has 0 bridgehead atoms. The molecule has 0 radical (unpaired) electrons. The fourth-order valence-corrected chi connectivity index (χ4v) is 5.87. The smallest absolute Gasteiger partial charge is 0.323 e. The monoisotopic (exact) mass is 632 g/mol. The number of nitrogens with zero attached hydrogens (tertiary/aromatic N) is 3. The van der Waals surface area contributed by atoms with Crippen LogP contribution in [0.4, 0.5) is 21.9 Å². The lowest BCUT2D eigenvalue weighted by Gasteiger charge is -2.20. The Morgan fingerprint density at radius 3 is 2.49 bits per heavy atom. The van der Waals surface area contributed by atoms with Gasteiger partial charge >= 0.3 is 6.03 Å². The maximum atomic E-state index is 14.2. The lowest BCUT2D eigenvalue weighted by atomic mass is 9.94. The number of anilines is 3. The van der Waals surface area contributed by atoms with Crippen LogP contribution in [-0.4, -0.2) is 27.7 Å². The number of fused-ring (bicyclic) bond motifs is 1. The van der Waals surface area contributed by atoms with Crippen LogP contribution in [0.15, 0.2) is 77.7 Å². The van der Waals surface area contributed by atoms with Crippen LogP contribution in [-0.2, 0) is 13.0 Å². The number of benzene rings is 2. The van der Waals surface area contributed by atoms with Crippen LogP contribution in [0.1, 0.15) is 81.8 Å². The Bertz CT molecular complexity index is 1960. The van der Waals surface area contributed by atoms with Gasteiger partial charge in [-0.05, 0) is 71.8 Å². The predicted octanol–water partition coefficient (Wildman–Crippen LogP) is 8.33. The molecule has 0 fully saturated rings. The van der Waals surface area contributed by atoms with Gasteiger partial charge < -0.3 is 21.1 Å². The number of hydrogen-bond acceptors (Lipinski definition) is 6. The Hall–Kier alpha value is -5.18. The Labute approximate surface area is 276 Å². The molecule has 47 heavy (non-hydrogen) atoms. The summed E-state index contributed by atoms with van der Waals surface area (Å²) in [6.45, 7) is 11.1. The van der Waals surface area contributed by atoms with E-state index in [0.717, 1.165) is 46.3 Å². The van der Waals surface area contributed by atoms with Gasteiger partial charge in [0.1, 0.15) is 17.1 Å². The Kier molecular flexibility index (Phi) is 10.2. The molecule has 0 unspecified atom stereocenters. The number of nitrogens with two attached hydrogens (primary N) is 1. The van der Waals surface area contributed by atoms with Crippen molar-refractivity contribution in [3.8, 4) is 16.9 Å². The van der Waals surface area contributed by atoms with E-state index < -0.39 is 6.03 Å². The number of ether oxygens (including phenoxy) is 1. The zero-order valence-corrected chi connectivity index (χ0v) is 28.1. The van der Waals surface area contributed by atoms with Gasteiger partial charge in [0.25, 0.3) is 5.56 Å². The third kappa shape index (κ3) is 7.14. The van der Waals surface area contributed by atoms with E-state index in [2.05, 4.69) is 62.4 Å². The molecule has 4 N–H and O–H groups in total. The molecule has 5 rings (SSSR count). The third-order valence-corrected chi connectivity index (χ3v) is 8.35. The van der Waals surface area contributed by atoms with Crippen molar-refractivity contribution in [2.24, 2.45) is 0 Å². The standard InChI is InChI=1S/C38H44N6O3/c1-7-8-20-44-36-28(14-11-19-40-36)33(25-12-9-13-27(21-25)47-6)35(37(44)45)43-38(46)42-32-16-10-15-30(39)29(32)22-26-17-18-31(23(2)3)41-34(26)24(4)5/h9-19,21,23-24H,7-8,20,22,39H2,1-6H3,(H2,42,43,46). The second-order valence-electron chi connectivity index (χ2n) is 12.4.